The molecule has 0 spiro atoms. The van der Waals surface area contributed by atoms with Crippen LogP contribution in [0.15, 0.2) is 52.9 Å². The molecule has 0 fully saturated rings. The lowest BCUT2D eigenvalue weighted by Crippen LogP contribution is -2.07. The fourth-order valence-corrected chi connectivity index (χ4v) is 2.45. The minimum absolute atomic E-state index is 0.110. The quantitative estimate of drug-likeness (QED) is 0.653. The first kappa shape index (κ1) is 15.5. The van der Waals surface area contributed by atoms with Crippen LogP contribution in [0.2, 0.25) is 10.0 Å². The Morgan fingerprint density at radius 2 is 1.70 bits per heavy atom. The molecule has 3 rings (SSSR count). The lowest BCUT2D eigenvalue weighted by Gasteiger charge is -2.05. The Hall–Kier alpha value is -2.37. The van der Waals surface area contributed by atoms with E-state index in [9.17, 15) is 4.79 Å². The normalized spacial score (nSPS) is 10.5. The van der Waals surface area contributed by atoms with Crippen molar-refractivity contribution < 1.29 is 13.9 Å². The third-order valence-electron chi connectivity index (χ3n) is 2.98. The molecule has 1 aromatic heterocycles. The van der Waals surface area contributed by atoms with E-state index in [1.807, 2.05) is 30.3 Å². The molecule has 0 atom stereocenters. The molecule has 0 bridgehead atoms. The standard InChI is InChI=1S/C16H10Cl2N2O3/c17-11-7-4-8-12(18)14(11)16(21)22-9-13-19-20-15(23-13)10-5-2-1-3-6-10/h1-8H,9H2. The van der Waals surface area contributed by atoms with Gasteiger partial charge in [0.15, 0.2) is 6.61 Å². The number of rotatable bonds is 4. The summed E-state index contributed by atoms with van der Waals surface area (Å²) in [5, 5.41) is 8.20. The molecule has 7 heteroatoms. The van der Waals surface area contributed by atoms with Gasteiger partial charge in [-0.05, 0) is 24.3 Å². The summed E-state index contributed by atoms with van der Waals surface area (Å²) in [5.41, 5.74) is 0.894. The zero-order valence-corrected chi connectivity index (χ0v) is 13.2. The lowest BCUT2D eigenvalue weighted by atomic mass is 10.2. The van der Waals surface area contributed by atoms with Crippen molar-refractivity contribution in [3.8, 4) is 11.5 Å². The van der Waals surface area contributed by atoms with Crippen molar-refractivity contribution in [1.82, 2.24) is 10.2 Å². The summed E-state index contributed by atoms with van der Waals surface area (Å²) in [7, 11) is 0. The number of nitrogens with zero attached hydrogens (tertiary/aromatic N) is 2. The smallest absolute Gasteiger partial charge is 0.341 e. The van der Waals surface area contributed by atoms with Gasteiger partial charge in [0.1, 0.15) is 0 Å². The highest BCUT2D eigenvalue weighted by Crippen LogP contribution is 2.25. The van der Waals surface area contributed by atoms with Gasteiger partial charge in [-0.25, -0.2) is 4.79 Å². The van der Waals surface area contributed by atoms with Gasteiger partial charge in [0, 0.05) is 5.56 Å². The van der Waals surface area contributed by atoms with Gasteiger partial charge in [-0.1, -0.05) is 47.5 Å². The van der Waals surface area contributed by atoms with Crippen molar-refractivity contribution in [3.05, 3.63) is 70.0 Å². The third-order valence-corrected chi connectivity index (χ3v) is 3.61. The second-order valence-corrected chi connectivity index (χ2v) is 5.35. The summed E-state index contributed by atoms with van der Waals surface area (Å²) in [6, 6.07) is 14.0. The molecule has 5 nitrogen and oxygen atoms in total. The van der Waals surface area contributed by atoms with Crippen molar-refractivity contribution in [2.75, 3.05) is 0 Å². The van der Waals surface area contributed by atoms with Crippen LogP contribution >= 0.6 is 23.2 Å². The molecule has 0 amide bonds. The Bertz CT molecular complexity index is 814. The second kappa shape index (κ2) is 6.81. The predicted molar refractivity (Wildman–Crippen MR) is 85.3 cm³/mol. The molecule has 3 aromatic rings. The lowest BCUT2D eigenvalue weighted by molar-refractivity contribution is 0.0439. The molecular formula is C16H10Cl2N2O3. The third kappa shape index (κ3) is 3.52. The summed E-state index contributed by atoms with van der Waals surface area (Å²) in [5.74, 6) is -0.118. The monoisotopic (exact) mass is 348 g/mol. The largest absolute Gasteiger partial charge is 0.452 e. The summed E-state index contributed by atoms with van der Waals surface area (Å²) < 4.78 is 10.6. The number of hydrogen-bond donors (Lipinski definition) is 0. The van der Waals surface area contributed by atoms with Crippen molar-refractivity contribution in [2.45, 2.75) is 6.61 Å². The molecule has 0 aliphatic carbocycles. The number of carbonyl (C=O) groups excluding carboxylic acids is 1. The molecule has 0 unspecified atom stereocenters. The maximum Gasteiger partial charge on any atom is 0.341 e. The molecule has 23 heavy (non-hydrogen) atoms. The van der Waals surface area contributed by atoms with E-state index in [1.54, 1.807) is 18.2 Å². The van der Waals surface area contributed by atoms with E-state index in [1.165, 1.54) is 0 Å². The van der Waals surface area contributed by atoms with Gasteiger partial charge in [0.2, 0.25) is 5.89 Å². The molecule has 2 aromatic carbocycles. The average Bonchev–Trinajstić information content (AvgIpc) is 3.02. The molecule has 0 saturated carbocycles. The van der Waals surface area contributed by atoms with Crippen LogP contribution in [0.3, 0.4) is 0 Å². The average molecular weight is 349 g/mol. The van der Waals surface area contributed by atoms with Crippen molar-refractivity contribution >= 4 is 29.2 Å². The van der Waals surface area contributed by atoms with Crippen molar-refractivity contribution in [1.29, 1.82) is 0 Å². The van der Waals surface area contributed by atoms with Crippen molar-refractivity contribution in [3.63, 3.8) is 0 Å². The van der Waals surface area contributed by atoms with Gasteiger partial charge < -0.3 is 9.15 Å². The molecule has 1 heterocycles. The minimum atomic E-state index is -0.653. The summed E-state index contributed by atoms with van der Waals surface area (Å²) >= 11 is 11.9. The van der Waals surface area contributed by atoms with Gasteiger partial charge in [-0.3, -0.25) is 0 Å². The van der Waals surface area contributed by atoms with Crippen LogP contribution in [0.4, 0.5) is 0 Å². The maximum absolute atomic E-state index is 12.1. The van der Waals surface area contributed by atoms with E-state index >= 15 is 0 Å². The van der Waals surface area contributed by atoms with Gasteiger partial charge >= 0.3 is 5.97 Å². The molecular weight excluding hydrogens is 339 g/mol. The number of halogens is 2. The zero-order chi connectivity index (χ0) is 16.2. The second-order valence-electron chi connectivity index (χ2n) is 4.54. The predicted octanol–water partition coefficient (Wildman–Crippen LogP) is 4.40. The fourth-order valence-electron chi connectivity index (χ4n) is 1.90. The molecule has 116 valence electrons. The summed E-state index contributed by atoms with van der Waals surface area (Å²) in [4.78, 5) is 12.1. The fraction of sp³-hybridized carbons (Fsp3) is 0.0625. The maximum atomic E-state index is 12.1. The molecule has 0 aliphatic heterocycles. The molecule has 0 radical (unpaired) electrons. The van der Waals surface area contributed by atoms with E-state index in [0.29, 0.717) is 5.89 Å². The van der Waals surface area contributed by atoms with E-state index in [2.05, 4.69) is 10.2 Å². The Morgan fingerprint density at radius 3 is 2.39 bits per heavy atom. The summed E-state index contributed by atoms with van der Waals surface area (Å²) in [6.45, 7) is -0.166. The highest BCUT2D eigenvalue weighted by molar-refractivity contribution is 6.39. The molecule has 0 saturated heterocycles. The topological polar surface area (TPSA) is 65.2 Å². The molecule has 0 N–H and O–H groups in total. The zero-order valence-electron chi connectivity index (χ0n) is 11.7. The van der Waals surface area contributed by atoms with Gasteiger partial charge in [0.25, 0.3) is 5.89 Å². The number of carbonyl (C=O) groups is 1. The highest BCUT2D eigenvalue weighted by atomic mass is 35.5. The minimum Gasteiger partial charge on any atom is -0.452 e. The van der Waals surface area contributed by atoms with Crippen LogP contribution < -0.4 is 0 Å². The molecule has 0 aliphatic rings. The Balaban J connectivity index is 1.70. The SMILES string of the molecule is O=C(OCc1nnc(-c2ccccc2)o1)c1c(Cl)cccc1Cl. The Labute approximate surface area is 141 Å². The Morgan fingerprint density at radius 1 is 1.00 bits per heavy atom. The van der Waals surface area contributed by atoms with E-state index in [0.717, 1.165) is 5.56 Å². The highest BCUT2D eigenvalue weighted by Gasteiger charge is 2.17. The summed E-state index contributed by atoms with van der Waals surface area (Å²) in [6.07, 6.45) is 0. The van der Waals surface area contributed by atoms with Gasteiger partial charge in [-0.15, -0.1) is 10.2 Å². The first-order chi connectivity index (χ1) is 11.1. The van der Waals surface area contributed by atoms with Gasteiger partial charge in [0.05, 0.1) is 15.6 Å². The number of benzene rings is 2. The van der Waals surface area contributed by atoms with E-state index in [4.69, 9.17) is 32.4 Å². The van der Waals surface area contributed by atoms with E-state index < -0.39 is 5.97 Å². The number of aromatic nitrogens is 2. The van der Waals surface area contributed by atoms with Crippen LogP contribution in [0.1, 0.15) is 16.2 Å². The first-order valence-electron chi connectivity index (χ1n) is 6.64. The van der Waals surface area contributed by atoms with Crippen molar-refractivity contribution in [2.24, 2.45) is 0 Å². The Kier molecular flexibility index (Phi) is 4.60. The van der Waals surface area contributed by atoms with Crippen LogP contribution in [-0.4, -0.2) is 16.2 Å². The van der Waals surface area contributed by atoms with Crippen LogP contribution in [0, 0.1) is 0 Å². The van der Waals surface area contributed by atoms with E-state index in [-0.39, 0.29) is 28.1 Å². The number of hydrogen-bond acceptors (Lipinski definition) is 5. The van der Waals surface area contributed by atoms with Crippen LogP contribution in [-0.2, 0) is 11.3 Å². The first-order valence-corrected chi connectivity index (χ1v) is 7.39. The number of ether oxygens (including phenoxy) is 1. The van der Waals surface area contributed by atoms with Crippen LogP contribution in [0.25, 0.3) is 11.5 Å². The van der Waals surface area contributed by atoms with Crippen LogP contribution in [0.5, 0.6) is 0 Å². The van der Waals surface area contributed by atoms with Gasteiger partial charge in [-0.2, -0.15) is 0 Å². The number of esters is 1.